The van der Waals surface area contributed by atoms with Crippen LogP contribution >= 0.6 is 0 Å². The van der Waals surface area contributed by atoms with E-state index in [1.54, 1.807) is 6.92 Å². The monoisotopic (exact) mass is 424 g/mol. The molecule has 2 rings (SSSR count). The Morgan fingerprint density at radius 2 is 1.39 bits per heavy atom. The zero-order valence-electron chi connectivity index (χ0n) is 18.4. The second kappa shape index (κ2) is 12.0. The number of amides is 2. The Balaban J connectivity index is 1.87. The Morgan fingerprint density at radius 3 is 1.94 bits per heavy atom. The number of hydrogen-bond donors (Lipinski definition) is 3. The molecule has 6 nitrogen and oxygen atoms in total. The van der Waals surface area contributed by atoms with Crippen molar-refractivity contribution in [2.75, 3.05) is 0 Å². The minimum absolute atomic E-state index is 0.146. The van der Waals surface area contributed by atoms with Crippen molar-refractivity contribution in [2.45, 2.75) is 52.3 Å². The molecule has 31 heavy (non-hydrogen) atoms. The third-order valence-corrected chi connectivity index (χ3v) is 5.32. The molecular weight excluding hydrogens is 392 g/mol. The summed E-state index contributed by atoms with van der Waals surface area (Å²) in [7, 11) is 0. The van der Waals surface area contributed by atoms with E-state index in [9.17, 15) is 19.5 Å². The number of carbonyl (C=O) groups is 3. The maximum atomic E-state index is 12.6. The van der Waals surface area contributed by atoms with E-state index in [4.69, 9.17) is 0 Å². The van der Waals surface area contributed by atoms with Crippen LogP contribution in [0.5, 0.6) is 0 Å². The van der Waals surface area contributed by atoms with Crippen LogP contribution in [0.25, 0.3) is 0 Å². The van der Waals surface area contributed by atoms with Gasteiger partial charge in [-0.3, -0.25) is 14.4 Å². The first-order chi connectivity index (χ1) is 14.8. The van der Waals surface area contributed by atoms with Gasteiger partial charge in [0.05, 0.1) is 18.1 Å². The summed E-state index contributed by atoms with van der Waals surface area (Å²) in [4.78, 5) is 37.7. The summed E-state index contributed by atoms with van der Waals surface area (Å²) >= 11 is 0. The van der Waals surface area contributed by atoms with E-state index in [0.717, 1.165) is 11.1 Å². The van der Waals surface area contributed by atoms with Crippen molar-refractivity contribution in [2.24, 2.45) is 11.8 Å². The van der Waals surface area contributed by atoms with Crippen LogP contribution in [0, 0.1) is 11.8 Å². The Kier molecular flexibility index (Phi) is 9.40. The van der Waals surface area contributed by atoms with Gasteiger partial charge in [-0.1, -0.05) is 67.6 Å². The smallest absolute Gasteiger partial charge is 0.226 e. The van der Waals surface area contributed by atoms with Crippen molar-refractivity contribution < 1.29 is 19.5 Å². The Hall–Kier alpha value is -2.99. The molecule has 0 spiro atoms. The van der Waals surface area contributed by atoms with Crippen LogP contribution in [0.1, 0.15) is 38.3 Å². The lowest BCUT2D eigenvalue weighted by Crippen LogP contribution is -2.44. The average Bonchev–Trinajstić information content (AvgIpc) is 2.76. The molecule has 0 aliphatic carbocycles. The lowest BCUT2D eigenvalue weighted by atomic mass is 9.93. The van der Waals surface area contributed by atoms with Gasteiger partial charge in [-0.2, -0.15) is 0 Å². The zero-order valence-corrected chi connectivity index (χ0v) is 18.4. The summed E-state index contributed by atoms with van der Waals surface area (Å²) in [5.74, 6) is -2.06. The molecule has 6 heteroatoms. The topological polar surface area (TPSA) is 95.5 Å². The quantitative estimate of drug-likeness (QED) is 0.517. The number of benzene rings is 2. The predicted octanol–water partition coefficient (Wildman–Crippen LogP) is 2.64. The highest BCUT2D eigenvalue weighted by Gasteiger charge is 2.29. The van der Waals surface area contributed by atoms with E-state index < -0.39 is 18.1 Å². The first kappa shape index (κ1) is 24.3. The molecule has 0 aromatic heterocycles. The fourth-order valence-electron chi connectivity index (χ4n) is 3.29. The first-order valence-electron chi connectivity index (χ1n) is 10.6. The molecule has 2 aromatic rings. The number of Topliss-reactive ketones (excluding diaryl/α,β-unsaturated/α-hetero) is 1. The average molecular weight is 425 g/mol. The molecule has 2 aromatic carbocycles. The number of hydrogen-bond acceptors (Lipinski definition) is 4. The fourth-order valence-corrected chi connectivity index (χ4v) is 3.29. The van der Waals surface area contributed by atoms with Crippen LogP contribution < -0.4 is 10.6 Å². The van der Waals surface area contributed by atoms with Crippen LogP contribution in [0.2, 0.25) is 0 Å². The van der Waals surface area contributed by atoms with Gasteiger partial charge in [0.25, 0.3) is 0 Å². The highest BCUT2D eigenvalue weighted by molar-refractivity contribution is 5.92. The minimum atomic E-state index is -0.986. The molecule has 166 valence electrons. The first-order valence-corrected chi connectivity index (χ1v) is 10.6. The summed E-state index contributed by atoms with van der Waals surface area (Å²) < 4.78 is 0. The molecule has 0 aliphatic rings. The van der Waals surface area contributed by atoms with E-state index in [1.807, 2.05) is 67.6 Å². The largest absolute Gasteiger partial charge is 0.393 e. The van der Waals surface area contributed by atoms with Gasteiger partial charge in [-0.15, -0.1) is 0 Å². The van der Waals surface area contributed by atoms with Crippen molar-refractivity contribution in [3.63, 3.8) is 0 Å². The Labute approximate surface area is 184 Å². The van der Waals surface area contributed by atoms with Gasteiger partial charge in [0.2, 0.25) is 11.8 Å². The van der Waals surface area contributed by atoms with E-state index in [2.05, 4.69) is 10.6 Å². The summed E-state index contributed by atoms with van der Waals surface area (Å²) in [6.07, 6.45) is -0.557. The van der Waals surface area contributed by atoms with Crippen LogP contribution in [0.15, 0.2) is 60.7 Å². The van der Waals surface area contributed by atoms with E-state index >= 15 is 0 Å². The maximum absolute atomic E-state index is 12.6. The molecule has 0 saturated carbocycles. The number of rotatable bonds is 11. The van der Waals surface area contributed by atoms with E-state index in [1.165, 1.54) is 6.92 Å². The predicted molar refractivity (Wildman–Crippen MR) is 120 cm³/mol. The fraction of sp³-hybridized carbons (Fsp3) is 0.400. The number of aliphatic hydroxyl groups is 1. The van der Waals surface area contributed by atoms with Gasteiger partial charge in [0.15, 0.2) is 5.78 Å². The maximum Gasteiger partial charge on any atom is 0.226 e. The molecule has 0 fully saturated rings. The zero-order chi connectivity index (χ0) is 22.8. The molecule has 0 aliphatic heterocycles. The molecule has 4 atom stereocenters. The molecule has 0 radical (unpaired) electrons. The number of nitrogens with one attached hydrogen (secondary N) is 2. The third kappa shape index (κ3) is 7.98. The standard InChI is InChI=1S/C25H32N2O4/c1-17(14-20-10-6-4-7-11-20)24(30)27-18(2)23(29)15-22(19(3)28)25(31)26-16-21-12-8-5-9-13-21/h4-13,17-19,22,28H,14-16H2,1-3H3,(H,26,31)(H,27,30)/t17-,18-,19+,22?/m0/s1. The van der Waals surface area contributed by atoms with Gasteiger partial charge in [-0.25, -0.2) is 0 Å². The molecule has 2 amide bonds. The highest BCUT2D eigenvalue weighted by Crippen LogP contribution is 2.13. The summed E-state index contributed by atoms with van der Waals surface area (Å²) in [5, 5.41) is 15.6. The number of carbonyl (C=O) groups excluding carboxylic acids is 3. The van der Waals surface area contributed by atoms with Crippen molar-refractivity contribution >= 4 is 17.6 Å². The molecule has 1 unspecified atom stereocenters. The van der Waals surface area contributed by atoms with Crippen LogP contribution in [-0.4, -0.2) is 34.8 Å². The second-order valence-electron chi connectivity index (χ2n) is 8.04. The Morgan fingerprint density at radius 1 is 0.839 bits per heavy atom. The molecule has 3 N–H and O–H groups in total. The number of aliphatic hydroxyl groups excluding tert-OH is 1. The van der Waals surface area contributed by atoms with Gasteiger partial charge < -0.3 is 15.7 Å². The molecule has 0 bridgehead atoms. The molecule has 0 heterocycles. The SMILES string of the molecule is C[C@H](NC(=O)[C@@H](C)Cc1ccccc1)C(=O)CC(C(=O)NCc1ccccc1)[C@@H](C)O. The van der Waals surface area contributed by atoms with E-state index in [-0.39, 0.29) is 29.9 Å². The lowest BCUT2D eigenvalue weighted by molar-refractivity contribution is -0.134. The minimum Gasteiger partial charge on any atom is -0.393 e. The van der Waals surface area contributed by atoms with Gasteiger partial charge in [0, 0.05) is 18.9 Å². The third-order valence-electron chi connectivity index (χ3n) is 5.32. The van der Waals surface area contributed by atoms with Gasteiger partial charge >= 0.3 is 0 Å². The summed E-state index contributed by atoms with van der Waals surface area (Å²) in [5.41, 5.74) is 1.98. The number of ketones is 1. The summed E-state index contributed by atoms with van der Waals surface area (Å²) in [6, 6.07) is 18.3. The molecular formula is C25H32N2O4. The van der Waals surface area contributed by atoms with Crippen molar-refractivity contribution in [3.05, 3.63) is 71.8 Å². The second-order valence-corrected chi connectivity index (χ2v) is 8.04. The molecule has 0 saturated heterocycles. The van der Waals surface area contributed by atoms with Gasteiger partial charge in [-0.05, 0) is 31.4 Å². The van der Waals surface area contributed by atoms with Crippen LogP contribution in [-0.2, 0) is 27.3 Å². The highest BCUT2D eigenvalue weighted by atomic mass is 16.3. The van der Waals surface area contributed by atoms with Crippen molar-refractivity contribution in [3.8, 4) is 0 Å². The van der Waals surface area contributed by atoms with E-state index in [0.29, 0.717) is 13.0 Å². The van der Waals surface area contributed by atoms with Crippen molar-refractivity contribution in [1.82, 2.24) is 10.6 Å². The Bertz CT molecular complexity index is 852. The lowest BCUT2D eigenvalue weighted by Gasteiger charge is -2.22. The van der Waals surface area contributed by atoms with Gasteiger partial charge in [0.1, 0.15) is 0 Å². The van der Waals surface area contributed by atoms with Crippen LogP contribution in [0.4, 0.5) is 0 Å². The summed E-state index contributed by atoms with van der Waals surface area (Å²) in [6.45, 7) is 5.23. The van der Waals surface area contributed by atoms with Crippen molar-refractivity contribution in [1.29, 1.82) is 0 Å². The normalized spacial score (nSPS) is 14.7. The van der Waals surface area contributed by atoms with Crippen LogP contribution in [0.3, 0.4) is 0 Å².